The molecule has 0 aliphatic heterocycles. The van der Waals surface area contributed by atoms with Gasteiger partial charge in [0, 0.05) is 11.4 Å². The average molecular weight is 380 g/mol. The van der Waals surface area contributed by atoms with Crippen LogP contribution in [0.3, 0.4) is 0 Å². The second kappa shape index (κ2) is 8.35. The van der Waals surface area contributed by atoms with Crippen molar-refractivity contribution in [1.82, 2.24) is 0 Å². The predicted octanol–water partition coefficient (Wildman–Crippen LogP) is 3.46. The lowest BCUT2D eigenvalue weighted by Gasteiger charge is -2.10. The second-order valence-electron chi connectivity index (χ2n) is 5.42. The highest BCUT2D eigenvalue weighted by Crippen LogP contribution is 2.30. The molecule has 0 spiro atoms. The first-order valence-corrected chi connectivity index (χ1v) is 7.64. The number of nitrogens with one attached hydrogen (secondary N) is 2. The van der Waals surface area contributed by atoms with E-state index in [1.54, 1.807) is 0 Å². The Morgan fingerprint density at radius 1 is 0.926 bits per heavy atom. The van der Waals surface area contributed by atoms with E-state index in [9.17, 15) is 27.6 Å². The van der Waals surface area contributed by atoms with Crippen LogP contribution in [0.5, 0.6) is 0 Å². The number of alkyl halides is 3. The first-order valence-electron chi connectivity index (χ1n) is 7.64. The van der Waals surface area contributed by atoms with E-state index in [-0.39, 0.29) is 16.9 Å². The summed E-state index contributed by atoms with van der Waals surface area (Å²) in [6, 6.07) is 9.96. The van der Waals surface area contributed by atoms with Crippen LogP contribution in [-0.4, -0.2) is 24.9 Å². The lowest BCUT2D eigenvalue weighted by atomic mass is 10.2. The Morgan fingerprint density at radius 3 is 2.04 bits per heavy atom. The van der Waals surface area contributed by atoms with Gasteiger partial charge in [-0.3, -0.25) is 9.59 Å². The molecule has 0 fully saturated rings. The number of anilines is 2. The van der Waals surface area contributed by atoms with Gasteiger partial charge in [-0.15, -0.1) is 0 Å². The summed E-state index contributed by atoms with van der Waals surface area (Å²) >= 11 is 0. The molecule has 0 aromatic heterocycles. The Bertz CT molecular complexity index is 866. The molecule has 0 atom stereocenters. The molecular weight excluding hydrogens is 365 g/mol. The minimum absolute atomic E-state index is 0.0738. The maximum Gasteiger partial charge on any atom is 0.416 e. The Morgan fingerprint density at radius 2 is 1.48 bits per heavy atom. The van der Waals surface area contributed by atoms with E-state index < -0.39 is 35.9 Å². The number of benzene rings is 2. The van der Waals surface area contributed by atoms with Crippen LogP contribution >= 0.6 is 0 Å². The molecule has 27 heavy (non-hydrogen) atoms. The van der Waals surface area contributed by atoms with Crippen molar-refractivity contribution in [1.29, 1.82) is 0 Å². The average Bonchev–Trinajstić information content (AvgIpc) is 2.60. The van der Waals surface area contributed by atoms with Gasteiger partial charge in [0.1, 0.15) is 6.42 Å². The minimum Gasteiger partial charge on any atom is -0.465 e. The summed E-state index contributed by atoms with van der Waals surface area (Å²) in [5.74, 6) is -2.06. The normalized spacial score (nSPS) is 10.8. The van der Waals surface area contributed by atoms with Gasteiger partial charge in [0.05, 0.1) is 18.2 Å². The van der Waals surface area contributed by atoms with Gasteiger partial charge in [0.2, 0.25) is 11.8 Å². The van der Waals surface area contributed by atoms with Crippen molar-refractivity contribution in [2.75, 3.05) is 17.7 Å². The molecular formula is C18H15F3N2O4. The Kier molecular flexibility index (Phi) is 6.17. The lowest BCUT2D eigenvalue weighted by molar-refractivity contribution is -0.137. The molecule has 9 heteroatoms. The number of carbonyl (C=O) groups is 3. The standard InChI is InChI=1S/C18H15F3N2O4/c1-27-17(26)11-4-2-6-13(8-11)22-15(24)10-16(25)23-14-7-3-5-12(9-14)18(19,20)21/h2-9H,10H2,1H3,(H,22,24)(H,23,25). The van der Waals surface area contributed by atoms with E-state index >= 15 is 0 Å². The highest BCUT2D eigenvalue weighted by Gasteiger charge is 2.30. The molecule has 0 unspecified atom stereocenters. The van der Waals surface area contributed by atoms with Crippen LogP contribution in [0.25, 0.3) is 0 Å². The SMILES string of the molecule is COC(=O)c1cccc(NC(=O)CC(=O)Nc2cccc(C(F)(F)F)c2)c1. The van der Waals surface area contributed by atoms with Crippen LogP contribution in [0.4, 0.5) is 24.5 Å². The number of hydrogen-bond donors (Lipinski definition) is 2. The number of rotatable bonds is 5. The number of hydrogen-bond acceptors (Lipinski definition) is 4. The van der Waals surface area contributed by atoms with Crippen LogP contribution in [0.2, 0.25) is 0 Å². The van der Waals surface area contributed by atoms with Crippen LogP contribution in [0, 0.1) is 0 Å². The van der Waals surface area contributed by atoms with E-state index in [0.29, 0.717) is 0 Å². The van der Waals surface area contributed by atoms with E-state index in [0.717, 1.165) is 18.2 Å². The van der Waals surface area contributed by atoms with Crippen LogP contribution < -0.4 is 10.6 Å². The number of esters is 1. The molecule has 0 radical (unpaired) electrons. The molecule has 0 aliphatic rings. The Hall–Kier alpha value is -3.36. The highest BCUT2D eigenvalue weighted by atomic mass is 19.4. The quantitative estimate of drug-likeness (QED) is 0.615. The van der Waals surface area contributed by atoms with Crippen molar-refractivity contribution < 1.29 is 32.3 Å². The zero-order valence-corrected chi connectivity index (χ0v) is 14.1. The number of methoxy groups -OCH3 is 1. The summed E-state index contributed by atoms with van der Waals surface area (Å²) in [6.45, 7) is 0. The summed E-state index contributed by atoms with van der Waals surface area (Å²) in [4.78, 5) is 35.2. The molecule has 6 nitrogen and oxygen atoms in total. The zero-order valence-electron chi connectivity index (χ0n) is 14.1. The van der Waals surface area contributed by atoms with Crippen LogP contribution in [-0.2, 0) is 20.5 Å². The first-order chi connectivity index (χ1) is 12.7. The van der Waals surface area contributed by atoms with Crippen molar-refractivity contribution in [3.63, 3.8) is 0 Å². The van der Waals surface area contributed by atoms with E-state index in [4.69, 9.17) is 0 Å². The number of halogens is 3. The fourth-order valence-corrected chi connectivity index (χ4v) is 2.17. The molecule has 0 saturated carbocycles. The van der Waals surface area contributed by atoms with Crippen molar-refractivity contribution in [2.45, 2.75) is 12.6 Å². The van der Waals surface area contributed by atoms with Crippen molar-refractivity contribution in [3.8, 4) is 0 Å². The summed E-state index contributed by atoms with van der Waals surface area (Å²) in [5.41, 5.74) is -0.502. The molecule has 142 valence electrons. The fourth-order valence-electron chi connectivity index (χ4n) is 2.17. The van der Waals surface area contributed by atoms with Crippen molar-refractivity contribution >= 4 is 29.2 Å². The number of amides is 2. The predicted molar refractivity (Wildman–Crippen MR) is 91.1 cm³/mol. The third kappa shape index (κ3) is 5.84. The van der Waals surface area contributed by atoms with Gasteiger partial charge >= 0.3 is 12.1 Å². The fraction of sp³-hybridized carbons (Fsp3) is 0.167. The minimum atomic E-state index is -4.54. The topological polar surface area (TPSA) is 84.5 Å². The molecule has 2 aromatic rings. The molecule has 2 aromatic carbocycles. The van der Waals surface area contributed by atoms with E-state index in [2.05, 4.69) is 15.4 Å². The molecule has 2 N–H and O–H groups in total. The van der Waals surface area contributed by atoms with Crippen molar-refractivity contribution in [2.24, 2.45) is 0 Å². The van der Waals surface area contributed by atoms with Gasteiger partial charge in [0.25, 0.3) is 0 Å². The highest BCUT2D eigenvalue weighted by molar-refractivity contribution is 6.08. The molecule has 0 bridgehead atoms. The molecule has 0 heterocycles. The summed E-state index contributed by atoms with van der Waals surface area (Å²) < 4.78 is 42.6. The zero-order chi connectivity index (χ0) is 20.0. The molecule has 0 aliphatic carbocycles. The third-order valence-electron chi connectivity index (χ3n) is 3.36. The van der Waals surface area contributed by atoms with E-state index in [1.807, 2.05) is 0 Å². The van der Waals surface area contributed by atoms with Gasteiger partial charge < -0.3 is 15.4 Å². The Labute approximate surface area is 152 Å². The summed E-state index contributed by atoms with van der Waals surface area (Å²) in [5, 5.41) is 4.66. The number of ether oxygens (including phenoxy) is 1. The summed E-state index contributed by atoms with van der Waals surface area (Å²) in [6.07, 6.45) is -5.15. The molecule has 0 saturated heterocycles. The number of carbonyl (C=O) groups excluding carboxylic acids is 3. The second-order valence-corrected chi connectivity index (χ2v) is 5.42. The largest absolute Gasteiger partial charge is 0.465 e. The van der Waals surface area contributed by atoms with Crippen LogP contribution in [0.1, 0.15) is 22.3 Å². The van der Waals surface area contributed by atoms with Gasteiger partial charge in [-0.1, -0.05) is 12.1 Å². The third-order valence-corrected chi connectivity index (χ3v) is 3.36. The van der Waals surface area contributed by atoms with Gasteiger partial charge in [-0.2, -0.15) is 13.2 Å². The monoisotopic (exact) mass is 380 g/mol. The smallest absolute Gasteiger partial charge is 0.416 e. The lowest BCUT2D eigenvalue weighted by Crippen LogP contribution is -2.21. The van der Waals surface area contributed by atoms with Gasteiger partial charge in [-0.25, -0.2) is 4.79 Å². The van der Waals surface area contributed by atoms with Crippen LogP contribution in [0.15, 0.2) is 48.5 Å². The maximum atomic E-state index is 12.7. The van der Waals surface area contributed by atoms with Crippen molar-refractivity contribution in [3.05, 3.63) is 59.7 Å². The molecule has 2 rings (SSSR count). The Balaban J connectivity index is 1.96. The summed E-state index contributed by atoms with van der Waals surface area (Å²) in [7, 11) is 1.21. The van der Waals surface area contributed by atoms with E-state index in [1.165, 1.54) is 37.4 Å². The molecule has 2 amide bonds. The maximum absolute atomic E-state index is 12.7. The van der Waals surface area contributed by atoms with Gasteiger partial charge in [0.15, 0.2) is 0 Å². The van der Waals surface area contributed by atoms with Gasteiger partial charge in [-0.05, 0) is 36.4 Å². The first kappa shape index (κ1) is 20.0.